The lowest BCUT2D eigenvalue weighted by molar-refractivity contribution is -0.141. The first kappa shape index (κ1) is 30.2. The molecule has 2 aromatic carbocycles. The maximum Gasteiger partial charge on any atom is 0.416 e. The number of hydrogen-bond acceptors (Lipinski definition) is 5. The van der Waals surface area contributed by atoms with Crippen molar-refractivity contribution in [2.45, 2.75) is 51.9 Å². The van der Waals surface area contributed by atoms with Crippen molar-refractivity contribution in [2.24, 2.45) is 4.99 Å². The van der Waals surface area contributed by atoms with Crippen LogP contribution in [0.5, 0.6) is 0 Å². The predicted molar refractivity (Wildman–Crippen MR) is 149 cm³/mol. The van der Waals surface area contributed by atoms with Crippen LogP contribution in [-0.4, -0.2) is 45.2 Å². The van der Waals surface area contributed by atoms with Crippen LogP contribution < -0.4 is 5.62 Å². The highest BCUT2D eigenvalue weighted by Crippen LogP contribution is 2.29. The Morgan fingerprint density at radius 1 is 1.08 bits per heavy atom. The number of halogens is 4. The minimum absolute atomic E-state index is 0.0981. The maximum absolute atomic E-state index is 13.2. The Bertz CT molecular complexity index is 1350. The molecule has 0 fully saturated rings. The number of aromatic nitrogens is 2. The van der Waals surface area contributed by atoms with Gasteiger partial charge in [-0.25, -0.2) is 0 Å². The summed E-state index contributed by atoms with van der Waals surface area (Å²) in [5.74, 6) is -0.421. The highest BCUT2D eigenvalue weighted by atomic mass is 127. The topological polar surface area (TPSA) is 74.8 Å². The average Bonchev–Trinajstić information content (AvgIpc) is 3.12. The van der Waals surface area contributed by atoms with Gasteiger partial charge >= 0.3 is 12.1 Å². The molecule has 0 unspecified atom stereocenters. The van der Waals surface area contributed by atoms with Crippen molar-refractivity contribution in [3.05, 3.63) is 62.8 Å². The number of benzene rings is 2. The first-order chi connectivity index (χ1) is 18.0. The smallest absolute Gasteiger partial charge is 0.416 e. The normalized spacial score (nSPS) is 12.5. The summed E-state index contributed by atoms with van der Waals surface area (Å²) < 4.78 is 55.2. The van der Waals surface area contributed by atoms with E-state index in [1.165, 1.54) is 19.1 Å². The maximum atomic E-state index is 13.2. The zero-order chi connectivity index (χ0) is 27.9. The minimum Gasteiger partial charge on any atom is -0.466 e. The van der Waals surface area contributed by atoms with Crippen LogP contribution in [-0.2, 0) is 33.7 Å². The standard InChI is InChI=1S/C26H29F3IN3O4S/c1-17(2)38-13-12-36-16-33-23-15-21(30)8-9-22(23)32(10-5-11-37-18(3)34)25(33)31-24(35)19-6-4-7-20(14-19)26(27,28)29/h4,6-9,14-15,17H,5,10-13,16H2,1-3H3/b31-25-. The van der Waals surface area contributed by atoms with E-state index in [2.05, 4.69) is 41.4 Å². The van der Waals surface area contributed by atoms with Gasteiger partial charge in [0.25, 0.3) is 5.91 Å². The number of thioether (sulfide) groups is 1. The number of fused-ring (bicyclic) bond motifs is 1. The van der Waals surface area contributed by atoms with Crippen molar-refractivity contribution in [2.75, 3.05) is 19.0 Å². The van der Waals surface area contributed by atoms with Gasteiger partial charge in [-0.05, 0) is 70.7 Å². The van der Waals surface area contributed by atoms with E-state index in [0.29, 0.717) is 24.8 Å². The second-order valence-electron chi connectivity index (χ2n) is 8.66. The molecule has 0 saturated heterocycles. The van der Waals surface area contributed by atoms with Crippen LogP contribution >= 0.6 is 34.4 Å². The summed E-state index contributed by atoms with van der Waals surface area (Å²) in [6.45, 7) is 6.62. The number of amides is 1. The fraction of sp³-hybridized carbons (Fsp3) is 0.423. The monoisotopic (exact) mass is 663 g/mol. The lowest BCUT2D eigenvalue weighted by atomic mass is 10.1. The number of ether oxygens (including phenoxy) is 2. The van der Waals surface area contributed by atoms with E-state index in [1.54, 1.807) is 20.9 Å². The van der Waals surface area contributed by atoms with Gasteiger partial charge in [0.05, 0.1) is 29.8 Å². The highest BCUT2D eigenvalue weighted by molar-refractivity contribution is 14.1. The molecule has 3 rings (SSSR count). The highest BCUT2D eigenvalue weighted by Gasteiger charge is 2.31. The van der Waals surface area contributed by atoms with Crippen molar-refractivity contribution < 1.29 is 32.2 Å². The number of esters is 1. The average molecular weight is 664 g/mol. The van der Waals surface area contributed by atoms with Crippen LogP contribution in [0.25, 0.3) is 11.0 Å². The molecule has 206 valence electrons. The Hall–Kier alpha value is -2.32. The van der Waals surface area contributed by atoms with Gasteiger partial charge in [0.15, 0.2) is 0 Å². The number of alkyl halides is 3. The fourth-order valence-electron chi connectivity index (χ4n) is 3.69. The van der Waals surface area contributed by atoms with Gasteiger partial charge in [0.2, 0.25) is 5.62 Å². The summed E-state index contributed by atoms with van der Waals surface area (Å²) >= 11 is 3.94. The Kier molecular flexibility index (Phi) is 10.9. The van der Waals surface area contributed by atoms with Crippen LogP contribution in [0.2, 0.25) is 0 Å². The van der Waals surface area contributed by atoms with Crippen LogP contribution in [0.1, 0.15) is 43.1 Å². The van der Waals surface area contributed by atoms with Gasteiger partial charge < -0.3 is 14.0 Å². The number of rotatable bonds is 11. The van der Waals surface area contributed by atoms with E-state index in [0.717, 1.165) is 32.5 Å². The largest absolute Gasteiger partial charge is 0.466 e. The number of aryl methyl sites for hydroxylation is 1. The molecule has 0 bridgehead atoms. The Morgan fingerprint density at radius 2 is 1.84 bits per heavy atom. The lowest BCUT2D eigenvalue weighted by Gasteiger charge is -2.09. The molecule has 0 aliphatic heterocycles. The summed E-state index contributed by atoms with van der Waals surface area (Å²) in [7, 11) is 0. The van der Waals surface area contributed by atoms with Crippen LogP contribution in [0.3, 0.4) is 0 Å². The molecule has 1 heterocycles. The SMILES string of the molecule is CC(=O)OCCCn1/c(=N/C(=O)c2cccc(C(F)(F)F)c2)n(COCCSC(C)C)c2cc(I)ccc21. The second-order valence-corrected chi connectivity index (χ2v) is 11.6. The number of carbonyl (C=O) groups excluding carboxylic acids is 2. The van der Waals surface area contributed by atoms with Gasteiger partial charge in [-0.3, -0.25) is 14.2 Å². The zero-order valence-electron chi connectivity index (χ0n) is 21.3. The van der Waals surface area contributed by atoms with Crippen molar-refractivity contribution in [1.29, 1.82) is 0 Å². The molecule has 0 saturated carbocycles. The molecular weight excluding hydrogens is 634 g/mol. The third kappa shape index (κ3) is 8.34. The van der Waals surface area contributed by atoms with E-state index in [9.17, 15) is 22.8 Å². The van der Waals surface area contributed by atoms with Crippen LogP contribution in [0.15, 0.2) is 47.5 Å². The molecule has 1 amide bonds. The van der Waals surface area contributed by atoms with Gasteiger partial charge in [0.1, 0.15) is 6.73 Å². The molecule has 7 nitrogen and oxygen atoms in total. The van der Waals surface area contributed by atoms with E-state index in [-0.39, 0.29) is 24.5 Å². The molecular formula is C26H29F3IN3O4S. The van der Waals surface area contributed by atoms with Crippen molar-refractivity contribution in [1.82, 2.24) is 9.13 Å². The van der Waals surface area contributed by atoms with Crippen LogP contribution in [0.4, 0.5) is 13.2 Å². The number of nitrogens with zero attached hydrogens (tertiary/aromatic N) is 3. The van der Waals surface area contributed by atoms with Gasteiger partial charge in [-0.2, -0.15) is 29.9 Å². The fourth-order valence-corrected chi connectivity index (χ4v) is 4.85. The molecule has 0 N–H and O–H groups in total. The first-order valence-corrected chi connectivity index (χ1v) is 14.1. The molecule has 0 aliphatic rings. The molecule has 3 aromatic rings. The van der Waals surface area contributed by atoms with Crippen molar-refractivity contribution >= 4 is 57.3 Å². The Morgan fingerprint density at radius 3 is 2.53 bits per heavy atom. The number of imidazole rings is 1. The molecule has 0 aliphatic carbocycles. The quantitative estimate of drug-likeness (QED) is 0.146. The van der Waals surface area contributed by atoms with E-state index in [1.807, 2.05) is 18.2 Å². The van der Waals surface area contributed by atoms with Gasteiger partial charge in [0, 0.05) is 28.4 Å². The predicted octanol–water partition coefficient (Wildman–Crippen LogP) is 5.88. The summed E-state index contributed by atoms with van der Waals surface area (Å²) in [6.07, 6.45) is -4.14. The first-order valence-electron chi connectivity index (χ1n) is 11.9. The van der Waals surface area contributed by atoms with Crippen LogP contribution in [0, 0.1) is 3.57 Å². The van der Waals surface area contributed by atoms with E-state index < -0.39 is 23.6 Å². The third-order valence-electron chi connectivity index (χ3n) is 5.37. The summed E-state index contributed by atoms with van der Waals surface area (Å²) in [5, 5.41) is 0.461. The second kappa shape index (κ2) is 13.7. The van der Waals surface area contributed by atoms with E-state index >= 15 is 0 Å². The lowest BCUT2D eigenvalue weighted by Crippen LogP contribution is -2.29. The third-order valence-corrected chi connectivity index (χ3v) is 7.11. The molecule has 12 heteroatoms. The Labute approximate surface area is 236 Å². The molecule has 0 atom stereocenters. The van der Waals surface area contributed by atoms with Crippen molar-refractivity contribution in [3.8, 4) is 0 Å². The zero-order valence-corrected chi connectivity index (χ0v) is 24.2. The molecule has 0 radical (unpaired) electrons. The molecule has 38 heavy (non-hydrogen) atoms. The van der Waals surface area contributed by atoms with Gasteiger partial charge in [-0.1, -0.05) is 19.9 Å². The minimum atomic E-state index is -4.58. The van der Waals surface area contributed by atoms with E-state index in [4.69, 9.17) is 9.47 Å². The summed E-state index contributed by atoms with van der Waals surface area (Å²) in [4.78, 5) is 28.6. The van der Waals surface area contributed by atoms with Crippen molar-refractivity contribution in [3.63, 3.8) is 0 Å². The van der Waals surface area contributed by atoms with Gasteiger partial charge in [-0.15, -0.1) is 0 Å². The number of carbonyl (C=O) groups is 2. The molecule has 1 aromatic heterocycles. The molecule has 0 spiro atoms. The number of hydrogen-bond donors (Lipinski definition) is 0. The Balaban J connectivity index is 2.07. The summed E-state index contributed by atoms with van der Waals surface area (Å²) in [5.41, 5.74) is 0.671. The summed E-state index contributed by atoms with van der Waals surface area (Å²) in [6, 6.07) is 9.93.